The molecule has 172 valence electrons. The van der Waals surface area contributed by atoms with E-state index in [-0.39, 0.29) is 22.2 Å². The summed E-state index contributed by atoms with van der Waals surface area (Å²) in [5, 5.41) is 3.28. The Balaban J connectivity index is 1.65. The first kappa shape index (κ1) is 22.7. The summed E-state index contributed by atoms with van der Waals surface area (Å²) >= 11 is 0.963. The lowest BCUT2D eigenvalue weighted by molar-refractivity contribution is -0.137. The highest BCUT2D eigenvalue weighted by molar-refractivity contribution is 7.99. The zero-order chi connectivity index (χ0) is 23.9. The van der Waals surface area contributed by atoms with Gasteiger partial charge in [-0.2, -0.15) is 13.2 Å². The molecule has 1 amide bonds. The van der Waals surface area contributed by atoms with Crippen molar-refractivity contribution in [3.8, 4) is 5.75 Å². The Bertz CT molecular complexity index is 1440. The van der Waals surface area contributed by atoms with Crippen LogP contribution in [0.4, 0.5) is 18.9 Å². The van der Waals surface area contributed by atoms with Crippen LogP contribution in [0.15, 0.2) is 52.4 Å². The predicted octanol–water partition coefficient (Wildman–Crippen LogP) is 4.18. The number of ether oxygens (including phenoxy) is 1. The van der Waals surface area contributed by atoms with E-state index in [9.17, 15) is 22.8 Å². The Labute approximate surface area is 190 Å². The Morgan fingerprint density at radius 2 is 1.88 bits per heavy atom. The summed E-state index contributed by atoms with van der Waals surface area (Å²) in [6.07, 6.45) is -4.59. The summed E-state index contributed by atoms with van der Waals surface area (Å²) in [6, 6.07) is 10.1. The third kappa shape index (κ3) is 4.15. The van der Waals surface area contributed by atoms with Gasteiger partial charge in [0, 0.05) is 19.5 Å². The number of halogens is 3. The fourth-order valence-electron chi connectivity index (χ4n) is 3.59. The van der Waals surface area contributed by atoms with Crippen LogP contribution in [0.2, 0.25) is 0 Å². The van der Waals surface area contributed by atoms with Gasteiger partial charge in [0.05, 0.1) is 29.6 Å². The maximum Gasteiger partial charge on any atom is 0.418 e. The second kappa shape index (κ2) is 8.47. The molecule has 0 aliphatic rings. The van der Waals surface area contributed by atoms with Crippen LogP contribution in [-0.4, -0.2) is 32.9 Å². The van der Waals surface area contributed by atoms with Crippen molar-refractivity contribution in [1.82, 2.24) is 14.1 Å². The van der Waals surface area contributed by atoms with Crippen LogP contribution in [0.25, 0.3) is 21.9 Å². The van der Waals surface area contributed by atoms with Gasteiger partial charge in [0.15, 0.2) is 5.16 Å². The third-order valence-electron chi connectivity index (χ3n) is 5.22. The van der Waals surface area contributed by atoms with E-state index in [0.717, 1.165) is 28.7 Å². The van der Waals surface area contributed by atoms with Gasteiger partial charge >= 0.3 is 6.18 Å². The Kier molecular flexibility index (Phi) is 5.83. The van der Waals surface area contributed by atoms with E-state index in [4.69, 9.17) is 4.74 Å². The molecular formula is C22H19F3N4O3S. The number of nitrogens with one attached hydrogen (secondary N) is 1. The smallest absolute Gasteiger partial charge is 0.418 e. The van der Waals surface area contributed by atoms with E-state index < -0.39 is 17.6 Å². The minimum atomic E-state index is -4.59. The number of carbonyl (C=O) groups excluding carboxylic acids is 1. The maximum atomic E-state index is 13.2. The number of alkyl halides is 3. The second-order valence-corrected chi connectivity index (χ2v) is 8.22. The number of para-hydroxylation sites is 1. The summed E-state index contributed by atoms with van der Waals surface area (Å²) < 4.78 is 47.8. The van der Waals surface area contributed by atoms with Gasteiger partial charge in [-0.05, 0) is 30.3 Å². The van der Waals surface area contributed by atoms with Crippen molar-refractivity contribution in [3.05, 3.63) is 58.4 Å². The predicted molar refractivity (Wildman–Crippen MR) is 121 cm³/mol. The van der Waals surface area contributed by atoms with Crippen LogP contribution in [-0.2, 0) is 25.1 Å². The first-order chi connectivity index (χ1) is 15.6. The summed E-state index contributed by atoms with van der Waals surface area (Å²) in [7, 11) is 4.83. The van der Waals surface area contributed by atoms with Crippen molar-refractivity contribution < 1.29 is 22.7 Å². The Morgan fingerprint density at radius 1 is 1.15 bits per heavy atom. The van der Waals surface area contributed by atoms with E-state index in [1.165, 1.54) is 36.9 Å². The Morgan fingerprint density at radius 3 is 2.58 bits per heavy atom. The number of methoxy groups -OCH3 is 1. The van der Waals surface area contributed by atoms with E-state index in [2.05, 4.69) is 10.3 Å². The maximum absolute atomic E-state index is 13.2. The normalized spacial score (nSPS) is 11.8. The van der Waals surface area contributed by atoms with Crippen molar-refractivity contribution in [2.24, 2.45) is 14.1 Å². The summed E-state index contributed by atoms with van der Waals surface area (Å²) in [5.41, 5.74) is 0.0876. The molecule has 0 saturated carbocycles. The molecule has 0 unspecified atom stereocenters. The molecule has 2 aromatic heterocycles. The minimum Gasteiger partial charge on any atom is -0.497 e. The lowest BCUT2D eigenvalue weighted by atomic mass is 10.1. The fraction of sp³-hybridized carbons (Fsp3) is 0.227. The molecule has 2 aromatic carbocycles. The lowest BCUT2D eigenvalue weighted by Gasteiger charge is -2.13. The van der Waals surface area contributed by atoms with E-state index in [1.807, 2.05) is 6.07 Å². The van der Waals surface area contributed by atoms with Crippen molar-refractivity contribution in [1.29, 1.82) is 0 Å². The van der Waals surface area contributed by atoms with Crippen LogP contribution in [0.1, 0.15) is 5.56 Å². The number of fused-ring (bicyclic) bond motifs is 3. The quantitative estimate of drug-likeness (QED) is 0.345. The molecule has 0 saturated heterocycles. The number of nitrogens with zero attached hydrogens (tertiary/aromatic N) is 3. The number of amides is 1. The standard InChI is InChI=1S/C22H19F3N4O3S/c1-28-16-9-8-12(32-3)10-13(16)18-19(28)20(31)29(2)21(27-18)33-11-17(30)26-15-7-5-4-6-14(15)22(23,24)25/h4-10H,11H2,1-3H3,(H,26,30). The molecule has 4 rings (SSSR count). The minimum absolute atomic E-state index is 0.230. The molecule has 0 bridgehead atoms. The second-order valence-electron chi connectivity index (χ2n) is 7.28. The Hall–Kier alpha value is -3.47. The number of thioether (sulfide) groups is 1. The van der Waals surface area contributed by atoms with Gasteiger partial charge in [0.2, 0.25) is 5.91 Å². The molecular weight excluding hydrogens is 457 g/mol. The SMILES string of the molecule is COc1ccc2c(c1)c1nc(SCC(=O)Nc3ccccc3C(F)(F)F)n(C)c(=O)c1n2C. The number of rotatable bonds is 5. The fourth-order valence-corrected chi connectivity index (χ4v) is 4.35. The van der Waals surface area contributed by atoms with Crippen molar-refractivity contribution in [3.63, 3.8) is 0 Å². The molecule has 0 aliphatic carbocycles. The third-order valence-corrected chi connectivity index (χ3v) is 6.25. The van der Waals surface area contributed by atoms with Crippen LogP contribution < -0.4 is 15.6 Å². The van der Waals surface area contributed by atoms with Gasteiger partial charge in [0.25, 0.3) is 5.56 Å². The molecule has 33 heavy (non-hydrogen) atoms. The zero-order valence-corrected chi connectivity index (χ0v) is 18.7. The zero-order valence-electron chi connectivity index (χ0n) is 17.9. The molecule has 0 atom stereocenters. The highest BCUT2D eigenvalue weighted by Gasteiger charge is 2.33. The van der Waals surface area contributed by atoms with Gasteiger partial charge in [0.1, 0.15) is 16.8 Å². The molecule has 4 aromatic rings. The van der Waals surface area contributed by atoms with Gasteiger partial charge in [-0.15, -0.1) is 0 Å². The number of aryl methyl sites for hydroxylation is 1. The van der Waals surface area contributed by atoms with Gasteiger partial charge in [-0.1, -0.05) is 23.9 Å². The largest absolute Gasteiger partial charge is 0.497 e. The number of hydrogen-bond donors (Lipinski definition) is 1. The molecule has 0 aliphatic heterocycles. The topological polar surface area (TPSA) is 78.2 Å². The number of aromatic nitrogens is 3. The molecule has 2 heterocycles. The van der Waals surface area contributed by atoms with Crippen molar-refractivity contribution in [2.75, 3.05) is 18.2 Å². The molecule has 0 radical (unpaired) electrons. The van der Waals surface area contributed by atoms with Crippen LogP contribution in [0.3, 0.4) is 0 Å². The number of anilines is 1. The van der Waals surface area contributed by atoms with Crippen molar-refractivity contribution >= 4 is 45.3 Å². The summed E-state index contributed by atoms with van der Waals surface area (Å²) in [6.45, 7) is 0. The van der Waals surface area contributed by atoms with Crippen LogP contribution >= 0.6 is 11.8 Å². The highest BCUT2D eigenvalue weighted by atomic mass is 32.2. The van der Waals surface area contributed by atoms with E-state index in [0.29, 0.717) is 16.8 Å². The van der Waals surface area contributed by atoms with Crippen LogP contribution in [0.5, 0.6) is 5.75 Å². The summed E-state index contributed by atoms with van der Waals surface area (Å²) in [4.78, 5) is 30.0. The van der Waals surface area contributed by atoms with Crippen molar-refractivity contribution in [2.45, 2.75) is 11.3 Å². The molecule has 11 heteroatoms. The van der Waals surface area contributed by atoms with E-state index in [1.54, 1.807) is 23.7 Å². The number of hydrogen-bond acceptors (Lipinski definition) is 5. The van der Waals surface area contributed by atoms with E-state index >= 15 is 0 Å². The first-order valence-electron chi connectivity index (χ1n) is 9.74. The highest BCUT2D eigenvalue weighted by Crippen LogP contribution is 2.35. The monoisotopic (exact) mass is 476 g/mol. The number of carbonyl (C=O) groups is 1. The average Bonchev–Trinajstić information content (AvgIpc) is 3.06. The molecule has 7 nitrogen and oxygen atoms in total. The van der Waals surface area contributed by atoms with Gasteiger partial charge in [-0.25, -0.2) is 4.98 Å². The molecule has 0 fully saturated rings. The first-order valence-corrected chi connectivity index (χ1v) is 10.7. The van der Waals surface area contributed by atoms with Gasteiger partial charge in [-0.3, -0.25) is 14.2 Å². The van der Waals surface area contributed by atoms with Crippen LogP contribution in [0, 0.1) is 0 Å². The molecule has 1 N–H and O–H groups in total. The number of benzene rings is 2. The average molecular weight is 476 g/mol. The lowest BCUT2D eigenvalue weighted by Crippen LogP contribution is -2.23. The molecule has 0 spiro atoms. The van der Waals surface area contributed by atoms with Gasteiger partial charge < -0.3 is 14.6 Å². The summed E-state index contributed by atoms with van der Waals surface area (Å²) in [5.74, 6) is -0.272.